The normalized spacial score (nSPS) is 14.4. The quantitative estimate of drug-likeness (QED) is 0.691. The van der Waals surface area contributed by atoms with Gasteiger partial charge < -0.3 is 10.4 Å². The zero-order valence-corrected chi connectivity index (χ0v) is 17.9. The highest BCUT2D eigenvalue weighted by Gasteiger charge is 2.25. The molecule has 1 aliphatic rings. The molecule has 0 unspecified atom stereocenters. The van der Waals surface area contributed by atoms with Crippen molar-refractivity contribution in [1.82, 2.24) is 0 Å². The number of aliphatic hydroxyl groups excluding tert-OH is 1. The molecule has 1 aliphatic carbocycles. The smallest absolute Gasteiger partial charge is 0.0782 e. The Morgan fingerprint density at radius 3 is 2.38 bits per heavy atom. The molecule has 0 heterocycles. The molecule has 2 aromatic rings. The second kappa shape index (κ2) is 6.71. The van der Waals surface area contributed by atoms with Crippen LogP contribution in [-0.4, -0.2) is 25.3 Å². The second-order valence-electron chi connectivity index (χ2n) is 9.04. The van der Waals surface area contributed by atoms with Crippen LogP contribution in [0.3, 0.4) is 0 Å². The molecular weight excluding hydrogens is 334 g/mol. The van der Waals surface area contributed by atoms with Crippen molar-refractivity contribution in [2.75, 3.05) is 11.9 Å². The van der Waals surface area contributed by atoms with Crippen molar-refractivity contribution in [3.63, 3.8) is 0 Å². The third kappa shape index (κ3) is 3.51. The highest BCUT2D eigenvalue weighted by atomic mass is 28.3. The standard InChI is InChI=1S/C23H31NOSi/c1-16(26(5,6)14-13-25)18-11-12-20-19-10-8-7-9-17(19)15-21(20)22(18)24-23(2,3)4/h7-12,15,24-25H,13-14H2,1-6H3. The topological polar surface area (TPSA) is 32.3 Å². The lowest BCUT2D eigenvalue weighted by molar-refractivity contribution is 0.317. The van der Waals surface area contributed by atoms with E-state index in [-0.39, 0.29) is 12.1 Å². The molecule has 2 aromatic carbocycles. The fourth-order valence-electron chi connectivity index (χ4n) is 3.68. The maximum Gasteiger partial charge on any atom is 0.0782 e. The van der Waals surface area contributed by atoms with Crippen molar-refractivity contribution in [3.8, 4) is 0 Å². The van der Waals surface area contributed by atoms with Crippen molar-refractivity contribution in [3.05, 3.63) is 62.8 Å². The van der Waals surface area contributed by atoms with Gasteiger partial charge >= 0.3 is 0 Å². The Kier molecular flexibility index (Phi) is 4.89. The number of benzene rings is 2. The van der Waals surface area contributed by atoms with Crippen LogP contribution in [0.1, 0.15) is 33.3 Å². The number of rotatable bonds is 4. The first kappa shape index (κ1) is 18.9. The first-order chi connectivity index (χ1) is 12.1. The van der Waals surface area contributed by atoms with Gasteiger partial charge in [-0.1, -0.05) is 54.7 Å². The summed E-state index contributed by atoms with van der Waals surface area (Å²) in [6.45, 7) is 13.9. The Labute approximate surface area is 157 Å². The summed E-state index contributed by atoms with van der Waals surface area (Å²) in [6, 6.07) is 14.1. The van der Waals surface area contributed by atoms with E-state index in [1.165, 1.54) is 37.3 Å². The van der Waals surface area contributed by atoms with Crippen LogP contribution >= 0.6 is 0 Å². The van der Waals surface area contributed by atoms with Crippen molar-refractivity contribution in [2.24, 2.45) is 0 Å². The van der Waals surface area contributed by atoms with E-state index in [0.717, 1.165) is 6.04 Å². The lowest BCUT2D eigenvalue weighted by atomic mass is 10.0. The molecule has 26 heavy (non-hydrogen) atoms. The van der Waals surface area contributed by atoms with Gasteiger partial charge in [-0.15, -0.1) is 0 Å². The zero-order valence-electron chi connectivity index (χ0n) is 16.9. The van der Waals surface area contributed by atoms with E-state index in [0.29, 0.717) is 0 Å². The number of hydrogen-bond acceptors (Lipinski definition) is 2. The van der Waals surface area contributed by atoms with E-state index in [1.807, 2.05) is 0 Å². The molecule has 0 atom stereocenters. The maximum absolute atomic E-state index is 9.53. The molecule has 0 radical (unpaired) electrons. The Morgan fingerprint density at radius 2 is 1.73 bits per heavy atom. The monoisotopic (exact) mass is 365 g/mol. The minimum absolute atomic E-state index is 0.0184. The second-order valence-corrected chi connectivity index (χ2v) is 14.1. The molecule has 0 bridgehead atoms. The van der Waals surface area contributed by atoms with Crippen molar-refractivity contribution >= 4 is 25.0 Å². The molecular formula is C23H31NOSi. The molecule has 0 fully saturated rings. The molecule has 0 aromatic heterocycles. The first-order valence-electron chi connectivity index (χ1n) is 9.49. The van der Waals surface area contributed by atoms with Gasteiger partial charge in [-0.2, -0.15) is 0 Å². The molecule has 0 aliphatic heterocycles. The average Bonchev–Trinajstić information content (AvgIpc) is 2.92. The number of fused-ring (bicyclic) bond motifs is 2. The predicted octanol–water partition coefficient (Wildman–Crippen LogP) is 3.74. The third-order valence-corrected chi connectivity index (χ3v) is 9.23. The molecule has 2 nitrogen and oxygen atoms in total. The van der Waals surface area contributed by atoms with Gasteiger partial charge in [0, 0.05) is 23.4 Å². The summed E-state index contributed by atoms with van der Waals surface area (Å²) < 4.78 is 0. The Hall–Kier alpha value is -1.84. The fraction of sp³-hybridized carbons (Fsp3) is 0.391. The van der Waals surface area contributed by atoms with Gasteiger partial charge in [0.05, 0.1) is 8.07 Å². The minimum Gasteiger partial charge on any atom is -0.397 e. The summed E-state index contributed by atoms with van der Waals surface area (Å²) in [7, 11) is -1.65. The number of aliphatic hydroxyl groups is 1. The Morgan fingerprint density at radius 1 is 1.04 bits per heavy atom. The molecule has 138 valence electrons. The molecule has 2 N–H and O–H groups in total. The van der Waals surface area contributed by atoms with Gasteiger partial charge in [-0.3, -0.25) is 0 Å². The number of anilines is 1. The van der Waals surface area contributed by atoms with Gasteiger partial charge in [-0.25, -0.2) is 0 Å². The van der Waals surface area contributed by atoms with E-state index >= 15 is 0 Å². The van der Waals surface area contributed by atoms with Crippen LogP contribution in [0.15, 0.2) is 36.4 Å². The average molecular weight is 366 g/mol. The molecule has 0 amide bonds. The van der Waals surface area contributed by atoms with Gasteiger partial charge in [0.2, 0.25) is 0 Å². The number of hydrogen-bond donors (Lipinski definition) is 2. The van der Waals surface area contributed by atoms with Gasteiger partial charge in [0.25, 0.3) is 0 Å². The largest absolute Gasteiger partial charge is 0.397 e. The van der Waals surface area contributed by atoms with Gasteiger partial charge in [-0.05, 0) is 60.7 Å². The Balaban J connectivity index is 2.39. The highest BCUT2D eigenvalue weighted by molar-refractivity contribution is 6.93. The van der Waals surface area contributed by atoms with Crippen molar-refractivity contribution in [1.29, 1.82) is 0 Å². The molecule has 3 heteroatoms. The van der Waals surface area contributed by atoms with Crippen LogP contribution < -0.4 is 15.8 Å². The van der Waals surface area contributed by atoms with E-state index in [9.17, 15) is 5.11 Å². The maximum atomic E-state index is 9.53. The van der Waals surface area contributed by atoms with E-state index in [2.05, 4.69) is 88.6 Å². The lowest BCUT2D eigenvalue weighted by Gasteiger charge is -2.27. The zero-order chi connectivity index (χ0) is 19.1. The van der Waals surface area contributed by atoms with Crippen LogP contribution in [0, 0.1) is 10.4 Å². The van der Waals surface area contributed by atoms with Crippen LogP contribution in [0.5, 0.6) is 0 Å². The Bertz CT molecular complexity index is 1050. The van der Waals surface area contributed by atoms with Gasteiger partial charge in [0.1, 0.15) is 0 Å². The summed E-state index contributed by atoms with van der Waals surface area (Å²) in [5, 5.41) is 20.0. The fourth-order valence-corrected chi connectivity index (χ4v) is 5.55. The summed E-state index contributed by atoms with van der Waals surface area (Å²) in [5.74, 6) is 0. The van der Waals surface area contributed by atoms with Crippen LogP contribution in [0.4, 0.5) is 5.69 Å². The summed E-state index contributed by atoms with van der Waals surface area (Å²) in [5.41, 5.74) is 2.52. The molecule has 0 saturated carbocycles. The van der Waals surface area contributed by atoms with E-state index < -0.39 is 8.07 Å². The summed E-state index contributed by atoms with van der Waals surface area (Å²) >= 11 is 0. The lowest BCUT2D eigenvalue weighted by Crippen LogP contribution is -2.36. The molecule has 0 saturated heterocycles. The third-order valence-electron chi connectivity index (χ3n) is 5.45. The summed E-state index contributed by atoms with van der Waals surface area (Å²) in [4.78, 5) is 0. The molecule has 0 spiro atoms. The van der Waals surface area contributed by atoms with Crippen LogP contribution in [0.2, 0.25) is 19.1 Å². The van der Waals surface area contributed by atoms with Crippen LogP contribution in [0.25, 0.3) is 11.3 Å². The van der Waals surface area contributed by atoms with Crippen molar-refractivity contribution < 1.29 is 5.11 Å². The SMILES string of the molecule is CC(=c1ccc2c(c1NC(C)(C)C)C=c1ccccc1=2)[Si](C)(C)CCO. The van der Waals surface area contributed by atoms with E-state index in [4.69, 9.17) is 0 Å². The van der Waals surface area contributed by atoms with Crippen LogP contribution in [-0.2, 0) is 0 Å². The minimum atomic E-state index is -1.65. The van der Waals surface area contributed by atoms with E-state index in [1.54, 1.807) is 0 Å². The number of nitrogens with one attached hydrogen (secondary N) is 1. The summed E-state index contributed by atoms with van der Waals surface area (Å²) in [6.07, 6.45) is 2.32. The van der Waals surface area contributed by atoms with Gasteiger partial charge in [0.15, 0.2) is 0 Å². The first-order valence-corrected chi connectivity index (χ1v) is 12.7. The predicted molar refractivity (Wildman–Crippen MR) is 115 cm³/mol. The highest BCUT2D eigenvalue weighted by Crippen LogP contribution is 2.25. The molecule has 3 rings (SSSR count). The van der Waals surface area contributed by atoms with Crippen molar-refractivity contribution in [2.45, 2.75) is 52.4 Å².